The monoisotopic (exact) mass is 374 g/mol. The van der Waals surface area contributed by atoms with Crippen molar-refractivity contribution in [2.75, 3.05) is 18.0 Å². The first-order valence-corrected chi connectivity index (χ1v) is 9.58. The van der Waals surface area contributed by atoms with Crippen molar-refractivity contribution < 1.29 is 9.18 Å². The summed E-state index contributed by atoms with van der Waals surface area (Å²) in [5.41, 5.74) is 4.13. The fourth-order valence-electron chi connectivity index (χ4n) is 3.76. The molecule has 1 amide bonds. The zero-order chi connectivity index (χ0) is 19.5. The zero-order valence-electron chi connectivity index (χ0n) is 15.9. The predicted molar refractivity (Wildman–Crippen MR) is 111 cm³/mol. The molecule has 1 atom stereocenters. The number of nitrogens with zero attached hydrogens (tertiary/aromatic N) is 2. The van der Waals surface area contributed by atoms with Gasteiger partial charge < -0.3 is 4.90 Å². The van der Waals surface area contributed by atoms with Crippen LogP contribution in [0.3, 0.4) is 0 Å². The minimum absolute atomic E-state index is 0.0942. The van der Waals surface area contributed by atoms with Crippen molar-refractivity contribution >= 4 is 11.6 Å². The van der Waals surface area contributed by atoms with E-state index in [1.165, 1.54) is 12.1 Å². The van der Waals surface area contributed by atoms with Crippen LogP contribution in [-0.2, 0) is 11.3 Å². The van der Waals surface area contributed by atoms with Crippen molar-refractivity contribution in [3.05, 3.63) is 90.2 Å². The molecule has 1 aliphatic rings. The highest BCUT2D eigenvalue weighted by atomic mass is 19.1. The first kappa shape index (κ1) is 18.4. The first-order chi connectivity index (χ1) is 13.6. The fourth-order valence-corrected chi connectivity index (χ4v) is 3.76. The Hall–Kier alpha value is -2.98. The molecule has 3 aromatic rings. The molecule has 28 heavy (non-hydrogen) atoms. The first-order valence-electron chi connectivity index (χ1n) is 9.58. The fraction of sp³-hybridized carbons (Fsp3) is 0.208. The van der Waals surface area contributed by atoms with E-state index in [0.717, 1.165) is 28.9 Å². The molecule has 3 aromatic carbocycles. The largest absolute Gasteiger partial charge is 0.309 e. The Balaban J connectivity index is 1.56. The molecule has 4 heteroatoms. The molecule has 3 nitrogen and oxygen atoms in total. The summed E-state index contributed by atoms with van der Waals surface area (Å²) in [7, 11) is 0. The van der Waals surface area contributed by atoms with Gasteiger partial charge in [0.2, 0.25) is 5.91 Å². The van der Waals surface area contributed by atoms with E-state index in [0.29, 0.717) is 13.1 Å². The Kier molecular flexibility index (Phi) is 5.22. The number of amides is 1. The number of benzene rings is 3. The zero-order valence-corrected chi connectivity index (χ0v) is 15.9. The van der Waals surface area contributed by atoms with E-state index in [1.54, 1.807) is 12.1 Å². The molecule has 1 aliphatic heterocycles. The lowest BCUT2D eigenvalue weighted by atomic mass is 10.0. The van der Waals surface area contributed by atoms with Gasteiger partial charge in [-0.15, -0.1) is 0 Å². The van der Waals surface area contributed by atoms with Gasteiger partial charge in [-0.1, -0.05) is 60.7 Å². The van der Waals surface area contributed by atoms with Gasteiger partial charge in [0, 0.05) is 25.2 Å². The van der Waals surface area contributed by atoms with E-state index < -0.39 is 0 Å². The summed E-state index contributed by atoms with van der Waals surface area (Å²) in [4.78, 5) is 17.2. The van der Waals surface area contributed by atoms with Gasteiger partial charge in [-0.3, -0.25) is 9.69 Å². The summed E-state index contributed by atoms with van der Waals surface area (Å²) in [6.45, 7) is 3.99. The Bertz CT molecular complexity index is 956. The highest BCUT2D eigenvalue weighted by Crippen LogP contribution is 2.32. The van der Waals surface area contributed by atoms with Gasteiger partial charge in [0.05, 0.1) is 11.7 Å². The van der Waals surface area contributed by atoms with Gasteiger partial charge in [-0.05, 0) is 36.2 Å². The second-order valence-corrected chi connectivity index (χ2v) is 7.15. The van der Waals surface area contributed by atoms with Crippen LogP contribution in [0.1, 0.15) is 12.5 Å². The maximum atomic E-state index is 13.2. The molecule has 1 saturated heterocycles. The number of piperazine rings is 1. The van der Waals surface area contributed by atoms with Gasteiger partial charge in [0.1, 0.15) is 5.82 Å². The molecule has 0 radical (unpaired) electrons. The van der Waals surface area contributed by atoms with E-state index in [9.17, 15) is 9.18 Å². The normalized spacial score (nSPS) is 17.7. The number of para-hydroxylation sites is 1. The Morgan fingerprint density at radius 1 is 0.893 bits per heavy atom. The summed E-state index contributed by atoms with van der Waals surface area (Å²) in [5, 5.41) is 0. The van der Waals surface area contributed by atoms with E-state index >= 15 is 0 Å². The van der Waals surface area contributed by atoms with Gasteiger partial charge in [-0.2, -0.15) is 0 Å². The smallest absolute Gasteiger partial charge is 0.244 e. The average Bonchev–Trinajstić information content (AvgIpc) is 2.74. The van der Waals surface area contributed by atoms with Crippen LogP contribution in [0.25, 0.3) is 11.1 Å². The van der Waals surface area contributed by atoms with Crippen LogP contribution in [-0.4, -0.2) is 29.9 Å². The number of anilines is 1. The third kappa shape index (κ3) is 3.69. The van der Waals surface area contributed by atoms with Crippen LogP contribution in [0.15, 0.2) is 78.9 Å². The average molecular weight is 374 g/mol. The maximum Gasteiger partial charge on any atom is 0.244 e. The number of carbonyl (C=O) groups excluding carboxylic acids is 1. The molecular weight excluding hydrogens is 351 g/mol. The Morgan fingerprint density at radius 3 is 2.32 bits per heavy atom. The molecular formula is C24H23FN2O. The molecule has 142 valence electrons. The SMILES string of the molecule is C[C@@H]1C(=O)N(c2ccccc2-c2ccccc2)CCN1Cc1ccc(F)cc1. The van der Waals surface area contributed by atoms with Crippen molar-refractivity contribution in [1.29, 1.82) is 0 Å². The summed E-state index contributed by atoms with van der Waals surface area (Å²) < 4.78 is 13.1. The molecule has 0 unspecified atom stereocenters. The van der Waals surface area contributed by atoms with Crippen LogP contribution < -0.4 is 4.90 Å². The summed E-state index contributed by atoms with van der Waals surface area (Å²) in [6, 6.07) is 24.5. The molecule has 1 heterocycles. The standard InChI is InChI=1S/C24H23FN2O/c1-18-24(28)27(16-15-26(18)17-19-11-13-21(25)14-12-19)23-10-6-5-9-22(23)20-7-3-2-4-8-20/h2-14,18H,15-17H2,1H3/t18-/m1/s1. The van der Waals surface area contributed by atoms with Crippen molar-refractivity contribution in [2.45, 2.75) is 19.5 Å². The molecule has 0 aliphatic carbocycles. The Labute approximate surface area is 165 Å². The van der Waals surface area contributed by atoms with Gasteiger partial charge in [0.25, 0.3) is 0 Å². The van der Waals surface area contributed by atoms with Crippen molar-refractivity contribution in [3.63, 3.8) is 0 Å². The second kappa shape index (κ2) is 7.95. The van der Waals surface area contributed by atoms with Crippen LogP contribution in [0, 0.1) is 5.82 Å². The summed E-state index contributed by atoms with van der Waals surface area (Å²) in [6.07, 6.45) is 0. The van der Waals surface area contributed by atoms with E-state index in [-0.39, 0.29) is 17.8 Å². The summed E-state index contributed by atoms with van der Waals surface area (Å²) >= 11 is 0. The van der Waals surface area contributed by atoms with Crippen LogP contribution in [0.4, 0.5) is 10.1 Å². The van der Waals surface area contributed by atoms with Crippen molar-refractivity contribution in [3.8, 4) is 11.1 Å². The molecule has 1 fully saturated rings. The van der Waals surface area contributed by atoms with Crippen LogP contribution in [0.2, 0.25) is 0 Å². The molecule has 0 spiro atoms. The third-order valence-corrected chi connectivity index (χ3v) is 5.36. The van der Waals surface area contributed by atoms with Crippen molar-refractivity contribution in [2.24, 2.45) is 0 Å². The van der Waals surface area contributed by atoms with Crippen LogP contribution in [0.5, 0.6) is 0 Å². The van der Waals surface area contributed by atoms with E-state index in [2.05, 4.69) is 23.1 Å². The number of carbonyl (C=O) groups is 1. The second-order valence-electron chi connectivity index (χ2n) is 7.15. The highest BCUT2D eigenvalue weighted by Gasteiger charge is 2.33. The number of halogens is 1. The van der Waals surface area contributed by atoms with Gasteiger partial charge in [0.15, 0.2) is 0 Å². The summed E-state index contributed by atoms with van der Waals surface area (Å²) in [5.74, 6) is -0.146. The molecule has 0 saturated carbocycles. The van der Waals surface area contributed by atoms with E-state index in [1.807, 2.05) is 48.2 Å². The molecule has 0 N–H and O–H groups in total. The van der Waals surface area contributed by atoms with E-state index in [4.69, 9.17) is 0 Å². The highest BCUT2D eigenvalue weighted by molar-refractivity contribution is 6.01. The predicted octanol–water partition coefficient (Wildman–Crippen LogP) is 4.73. The third-order valence-electron chi connectivity index (χ3n) is 5.36. The molecule has 0 bridgehead atoms. The maximum absolute atomic E-state index is 13.2. The minimum Gasteiger partial charge on any atom is -0.309 e. The Morgan fingerprint density at radius 2 is 1.57 bits per heavy atom. The number of hydrogen-bond acceptors (Lipinski definition) is 2. The number of hydrogen-bond donors (Lipinski definition) is 0. The lowest BCUT2D eigenvalue weighted by molar-refractivity contribution is -0.125. The van der Waals surface area contributed by atoms with Gasteiger partial charge in [-0.25, -0.2) is 4.39 Å². The lowest BCUT2D eigenvalue weighted by Crippen LogP contribution is -2.55. The molecule has 0 aromatic heterocycles. The van der Waals surface area contributed by atoms with Crippen molar-refractivity contribution in [1.82, 2.24) is 4.90 Å². The topological polar surface area (TPSA) is 23.6 Å². The van der Waals surface area contributed by atoms with Crippen LogP contribution >= 0.6 is 0 Å². The number of rotatable bonds is 4. The lowest BCUT2D eigenvalue weighted by Gasteiger charge is -2.39. The quantitative estimate of drug-likeness (QED) is 0.659. The molecule has 4 rings (SSSR count). The van der Waals surface area contributed by atoms with Gasteiger partial charge >= 0.3 is 0 Å². The minimum atomic E-state index is -0.241.